The highest BCUT2D eigenvalue weighted by Crippen LogP contribution is 2.28. The second kappa shape index (κ2) is 13.4. The first-order valence-corrected chi connectivity index (χ1v) is 11.5. The molecule has 0 spiro atoms. The lowest BCUT2D eigenvalue weighted by Gasteiger charge is -2.29. The summed E-state index contributed by atoms with van der Waals surface area (Å²) in [5.74, 6) is -3.03. The van der Waals surface area contributed by atoms with Gasteiger partial charge in [-0.15, -0.1) is 0 Å². The Morgan fingerprint density at radius 3 is 2.00 bits per heavy atom. The highest BCUT2D eigenvalue weighted by atomic mass is 16.4. The fourth-order valence-corrected chi connectivity index (χ4v) is 3.61. The Bertz CT molecular complexity index is 654. The third kappa shape index (κ3) is 8.78. The van der Waals surface area contributed by atoms with Crippen molar-refractivity contribution in [2.24, 2.45) is 17.8 Å². The summed E-state index contributed by atoms with van der Waals surface area (Å²) in [6.45, 7) is 8.29. The van der Waals surface area contributed by atoms with Crippen LogP contribution in [-0.2, 0) is 19.2 Å². The summed E-state index contributed by atoms with van der Waals surface area (Å²) in [6, 6.07) is -1.58. The van der Waals surface area contributed by atoms with Crippen molar-refractivity contribution in [2.75, 3.05) is 6.54 Å². The number of amides is 4. The van der Waals surface area contributed by atoms with Gasteiger partial charge in [-0.2, -0.15) is 0 Å². The summed E-state index contributed by atoms with van der Waals surface area (Å²) in [6.07, 6.45) is 4.29. The van der Waals surface area contributed by atoms with Gasteiger partial charge in [0.25, 0.3) is 0 Å². The summed E-state index contributed by atoms with van der Waals surface area (Å²) >= 11 is 0. The van der Waals surface area contributed by atoms with Gasteiger partial charge >= 0.3 is 7.12 Å². The second-order valence-corrected chi connectivity index (χ2v) is 9.04. The van der Waals surface area contributed by atoms with Gasteiger partial charge in [0.15, 0.2) is 0 Å². The van der Waals surface area contributed by atoms with Crippen molar-refractivity contribution in [2.45, 2.75) is 84.7 Å². The van der Waals surface area contributed by atoms with E-state index in [9.17, 15) is 19.2 Å². The fraction of sp³-hybridized carbons (Fsp3) is 0.810. The van der Waals surface area contributed by atoms with Gasteiger partial charge in [0.1, 0.15) is 12.1 Å². The molecule has 1 aliphatic rings. The predicted molar refractivity (Wildman–Crippen MR) is 121 cm³/mol. The number of carbonyl (C=O) groups is 4. The van der Waals surface area contributed by atoms with Crippen LogP contribution in [0.5, 0.6) is 0 Å². The second-order valence-electron chi connectivity index (χ2n) is 9.04. The Balaban J connectivity index is 2.84. The van der Waals surface area contributed by atoms with Gasteiger partial charge in [-0.05, 0) is 31.6 Å². The lowest BCUT2D eigenvalue weighted by Crippen LogP contribution is -2.58. The topological polar surface area (TPSA) is 157 Å². The first kappa shape index (κ1) is 27.9. The molecule has 6 N–H and O–H groups in total. The van der Waals surface area contributed by atoms with Crippen LogP contribution in [0.1, 0.15) is 66.7 Å². The van der Waals surface area contributed by atoms with Crippen molar-refractivity contribution in [3.05, 3.63) is 0 Å². The van der Waals surface area contributed by atoms with Crippen LogP contribution >= 0.6 is 0 Å². The van der Waals surface area contributed by atoms with E-state index in [1.807, 2.05) is 13.8 Å². The minimum atomic E-state index is -1.71. The molecule has 0 radical (unpaired) electrons. The molecule has 1 rings (SSSR count). The minimum absolute atomic E-state index is 0.0236. The molecule has 0 aromatic carbocycles. The molecule has 1 fully saturated rings. The van der Waals surface area contributed by atoms with Crippen LogP contribution in [-0.4, -0.2) is 65.4 Å². The molecular weight excluding hydrogens is 415 g/mol. The Kier molecular flexibility index (Phi) is 11.7. The molecule has 0 aliphatic heterocycles. The zero-order chi connectivity index (χ0) is 24.4. The SMILES string of the molecule is CC[C@H](C)[C@H](NC(=O)[C@@H](NC(=O)C(C)C)C1CCCC1)C(=O)NCC(=O)N[C@@H](C)B(O)O. The highest BCUT2D eigenvalue weighted by molar-refractivity contribution is 6.43. The van der Waals surface area contributed by atoms with Crippen molar-refractivity contribution >= 4 is 30.7 Å². The lowest BCUT2D eigenvalue weighted by atomic mass is 9.81. The van der Waals surface area contributed by atoms with Gasteiger partial charge in [-0.25, -0.2) is 0 Å². The molecule has 1 aliphatic carbocycles. The standard InChI is InChI=1S/C21H39BN4O6/c1-6-13(4)17(20(29)23-11-16(27)24-14(5)22(31)32)25-21(30)18(15-9-7-8-10-15)26-19(28)12(2)3/h12-15,17-18,31-32H,6-11H2,1-5H3,(H,23,29)(H,24,27)(H,25,30)(H,26,28)/t13-,14-,17-,18-/m0/s1. The van der Waals surface area contributed by atoms with Gasteiger partial charge in [0.2, 0.25) is 23.6 Å². The van der Waals surface area contributed by atoms with Crippen LogP contribution in [0.25, 0.3) is 0 Å². The summed E-state index contributed by atoms with van der Waals surface area (Å²) in [5.41, 5.74) is 0. The van der Waals surface area contributed by atoms with E-state index >= 15 is 0 Å². The number of hydrogen-bond donors (Lipinski definition) is 6. The quantitative estimate of drug-likeness (QED) is 0.218. The molecule has 0 saturated heterocycles. The first-order chi connectivity index (χ1) is 15.0. The molecule has 11 heteroatoms. The Morgan fingerprint density at radius 2 is 1.50 bits per heavy atom. The molecule has 10 nitrogen and oxygen atoms in total. The van der Waals surface area contributed by atoms with Crippen molar-refractivity contribution in [1.82, 2.24) is 21.3 Å². The normalized spacial score (nSPS) is 17.8. The highest BCUT2D eigenvalue weighted by Gasteiger charge is 2.35. The molecule has 0 unspecified atom stereocenters. The Labute approximate surface area is 190 Å². The molecule has 0 bridgehead atoms. The average molecular weight is 454 g/mol. The van der Waals surface area contributed by atoms with Crippen molar-refractivity contribution in [3.8, 4) is 0 Å². The Morgan fingerprint density at radius 1 is 0.906 bits per heavy atom. The van der Waals surface area contributed by atoms with Crippen LogP contribution in [0, 0.1) is 17.8 Å². The molecule has 0 heterocycles. The Hall–Kier alpha value is -2.14. The lowest BCUT2D eigenvalue weighted by molar-refractivity contribution is -0.135. The van der Waals surface area contributed by atoms with Crippen LogP contribution in [0.15, 0.2) is 0 Å². The van der Waals surface area contributed by atoms with Gasteiger partial charge in [0.05, 0.1) is 12.5 Å². The van der Waals surface area contributed by atoms with Crippen molar-refractivity contribution < 1.29 is 29.2 Å². The van der Waals surface area contributed by atoms with E-state index in [0.717, 1.165) is 25.7 Å². The smallest absolute Gasteiger partial charge is 0.426 e. The summed E-state index contributed by atoms with van der Waals surface area (Å²) < 4.78 is 0. The third-order valence-electron chi connectivity index (χ3n) is 6.03. The molecule has 32 heavy (non-hydrogen) atoms. The third-order valence-corrected chi connectivity index (χ3v) is 6.03. The number of hydrogen-bond acceptors (Lipinski definition) is 6. The van der Waals surface area contributed by atoms with E-state index in [-0.39, 0.29) is 30.2 Å². The molecular formula is C21H39BN4O6. The molecule has 1 saturated carbocycles. The van der Waals surface area contributed by atoms with E-state index in [0.29, 0.717) is 6.42 Å². The maximum absolute atomic E-state index is 13.1. The molecule has 4 atom stereocenters. The van der Waals surface area contributed by atoms with Crippen molar-refractivity contribution in [3.63, 3.8) is 0 Å². The minimum Gasteiger partial charge on any atom is -0.426 e. The maximum Gasteiger partial charge on any atom is 0.475 e. The number of carbonyl (C=O) groups excluding carboxylic acids is 4. The summed E-state index contributed by atoms with van der Waals surface area (Å²) in [7, 11) is -1.71. The first-order valence-electron chi connectivity index (χ1n) is 11.5. The van der Waals surface area contributed by atoms with E-state index < -0.39 is 42.9 Å². The van der Waals surface area contributed by atoms with Crippen LogP contribution in [0.3, 0.4) is 0 Å². The number of nitrogens with one attached hydrogen (secondary N) is 4. The molecule has 0 aromatic rings. The summed E-state index contributed by atoms with van der Waals surface area (Å²) in [5, 5.41) is 28.6. The monoisotopic (exact) mass is 454 g/mol. The van der Waals surface area contributed by atoms with Gasteiger partial charge in [0, 0.05) is 5.92 Å². The van der Waals surface area contributed by atoms with Crippen molar-refractivity contribution in [1.29, 1.82) is 0 Å². The number of rotatable bonds is 12. The maximum atomic E-state index is 13.1. The zero-order valence-corrected chi connectivity index (χ0v) is 19.8. The fourth-order valence-electron chi connectivity index (χ4n) is 3.61. The van der Waals surface area contributed by atoms with E-state index in [1.165, 1.54) is 6.92 Å². The van der Waals surface area contributed by atoms with Crippen LogP contribution in [0.4, 0.5) is 0 Å². The zero-order valence-electron chi connectivity index (χ0n) is 19.8. The van der Waals surface area contributed by atoms with Gasteiger partial charge in [-0.1, -0.05) is 47.0 Å². The van der Waals surface area contributed by atoms with Gasteiger partial charge in [-0.3, -0.25) is 19.2 Å². The molecule has 0 aromatic heterocycles. The van der Waals surface area contributed by atoms with E-state index in [1.54, 1.807) is 13.8 Å². The van der Waals surface area contributed by atoms with Crippen LogP contribution < -0.4 is 21.3 Å². The molecule has 182 valence electrons. The van der Waals surface area contributed by atoms with Crippen LogP contribution in [0.2, 0.25) is 0 Å². The average Bonchev–Trinajstić information content (AvgIpc) is 3.27. The predicted octanol–water partition coefficient (Wildman–Crippen LogP) is -0.519. The largest absolute Gasteiger partial charge is 0.475 e. The summed E-state index contributed by atoms with van der Waals surface area (Å²) in [4.78, 5) is 50.1. The van der Waals surface area contributed by atoms with E-state index in [2.05, 4.69) is 21.3 Å². The van der Waals surface area contributed by atoms with E-state index in [4.69, 9.17) is 10.0 Å². The van der Waals surface area contributed by atoms with Gasteiger partial charge < -0.3 is 31.3 Å². The molecule has 4 amide bonds.